The van der Waals surface area contributed by atoms with Crippen molar-refractivity contribution in [2.75, 3.05) is 23.9 Å². The number of hydrogen-bond donors (Lipinski definition) is 3. The number of nitrogens with zero attached hydrogens (tertiary/aromatic N) is 4. The number of carboxylic acid groups (broad SMARTS) is 1. The van der Waals surface area contributed by atoms with Gasteiger partial charge in [-0.25, -0.2) is 9.78 Å². The maximum Gasteiger partial charge on any atom is 0.448 e. The number of benzene rings is 3. The van der Waals surface area contributed by atoms with E-state index in [1.165, 1.54) is 66.5 Å². The van der Waals surface area contributed by atoms with Gasteiger partial charge in [-0.3, -0.25) is 14.5 Å². The molecule has 2 aliphatic heterocycles. The number of carbonyl (C=O) groups is 3. The van der Waals surface area contributed by atoms with E-state index in [9.17, 15) is 32.7 Å². The summed E-state index contributed by atoms with van der Waals surface area (Å²) in [6.45, 7) is -1.13. The summed E-state index contributed by atoms with van der Waals surface area (Å²) in [7, 11) is 1.29. The monoisotopic (exact) mass is 831 g/mol. The molecule has 0 bridgehead atoms. The minimum Gasteiger partial charge on any atom is -0.477 e. The molecule has 292 valence electrons. The van der Waals surface area contributed by atoms with Gasteiger partial charge in [0, 0.05) is 33.9 Å². The van der Waals surface area contributed by atoms with Crippen LogP contribution in [0.1, 0.15) is 22.4 Å². The van der Waals surface area contributed by atoms with Crippen molar-refractivity contribution >= 4 is 63.5 Å². The van der Waals surface area contributed by atoms with Crippen LogP contribution in [0.4, 0.5) is 18.3 Å². The summed E-state index contributed by atoms with van der Waals surface area (Å²) in [6, 6.07) is 31.8. The first-order valence-corrected chi connectivity index (χ1v) is 20.3. The summed E-state index contributed by atoms with van der Waals surface area (Å²) in [5, 5.41) is 22.0. The predicted molar refractivity (Wildman–Crippen MR) is 212 cm³/mol. The fourth-order valence-electron chi connectivity index (χ4n) is 6.70. The van der Waals surface area contributed by atoms with Gasteiger partial charge in [0.1, 0.15) is 35.5 Å². The second-order valence-corrected chi connectivity index (χ2v) is 15.9. The lowest BCUT2D eigenvalue weighted by Gasteiger charge is -2.49. The minimum absolute atomic E-state index is 0.176. The van der Waals surface area contributed by atoms with Gasteiger partial charge in [0.25, 0.3) is 11.8 Å². The molecule has 11 nitrogen and oxygen atoms in total. The average molecular weight is 832 g/mol. The Morgan fingerprint density at radius 1 is 0.965 bits per heavy atom. The van der Waals surface area contributed by atoms with E-state index in [-0.39, 0.29) is 28.6 Å². The molecule has 0 radical (unpaired) electrons. The van der Waals surface area contributed by atoms with Crippen LogP contribution in [0.15, 0.2) is 142 Å². The number of amides is 2. The van der Waals surface area contributed by atoms with Gasteiger partial charge in [-0.15, -0.1) is 34.9 Å². The zero-order valence-corrected chi connectivity index (χ0v) is 32.5. The van der Waals surface area contributed by atoms with Crippen LogP contribution in [-0.2, 0) is 31.3 Å². The number of thioether (sulfide) groups is 2. The Hall–Kier alpha value is -5.65. The number of rotatable bonds is 14. The molecule has 57 heavy (non-hydrogen) atoms. The van der Waals surface area contributed by atoms with E-state index in [0.717, 1.165) is 26.2 Å². The molecule has 2 amide bonds. The Balaban J connectivity index is 1.08. The third-order valence-electron chi connectivity index (χ3n) is 9.23. The highest BCUT2D eigenvalue weighted by Gasteiger charge is 2.54. The number of aromatic nitrogens is 2. The van der Waals surface area contributed by atoms with Crippen LogP contribution in [-0.4, -0.2) is 74.7 Å². The first-order chi connectivity index (χ1) is 27.5. The predicted octanol–water partition coefficient (Wildman–Crippen LogP) is 6.28. The van der Waals surface area contributed by atoms with E-state index in [2.05, 4.69) is 15.8 Å². The van der Waals surface area contributed by atoms with Crippen LogP contribution < -0.4 is 15.2 Å². The van der Waals surface area contributed by atoms with Crippen molar-refractivity contribution in [1.82, 2.24) is 15.2 Å². The van der Waals surface area contributed by atoms with Gasteiger partial charge in [-0.1, -0.05) is 96.2 Å². The van der Waals surface area contributed by atoms with Gasteiger partial charge in [0.2, 0.25) is 6.54 Å². The van der Waals surface area contributed by atoms with E-state index >= 15 is 0 Å². The fraction of sp³-hybridized carbons (Fsp3) is 0.200. The lowest BCUT2D eigenvalue weighted by atomic mass is 9.77. The van der Waals surface area contributed by atoms with E-state index in [1.54, 1.807) is 5.38 Å². The first-order valence-electron chi connectivity index (χ1n) is 17.4. The van der Waals surface area contributed by atoms with Crippen LogP contribution in [0.3, 0.4) is 0 Å². The topological polar surface area (TPSA) is 137 Å². The summed E-state index contributed by atoms with van der Waals surface area (Å²) in [6.07, 6.45) is -1.76. The zero-order valence-electron chi connectivity index (χ0n) is 30.1. The SMILES string of the molecule is CO/N=C(\C(=O)N[C@@H]1C(=O)N2C(C(=O)O)=C(CSc3cc[n+](CC(F)(F)F)cc3)CS[C@H]12)c1csc(NC(c2ccccc2)(c2ccccc2)c2ccccc2)n1. The van der Waals surface area contributed by atoms with Crippen molar-refractivity contribution in [2.24, 2.45) is 5.16 Å². The molecule has 2 aromatic heterocycles. The number of hydrogen-bond acceptors (Lipinski definition) is 10. The van der Waals surface area contributed by atoms with Crippen molar-refractivity contribution in [1.29, 1.82) is 0 Å². The smallest absolute Gasteiger partial charge is 0.448 e. The number of alkyl halides is 3. The van der Waals surface area contributed by atoms with Crippen LogP contribution >= 0.6 is 34.9 Å². The molecular formula is C40H34F3N6O5S3+. The van der Waals surface area contributed by atoms with E-state index in [0.29, 0.717) is 15.6 Å². The van der Waals surface area contributed by atoms with Crippen molar-refractivity contribution in [2.45, 2.75) is 34.6 Å². The first kappa shape index (κ1) is 39.6. The molecule has 0 aliphatic carbocycles. The minimum atomic E-state index is -4.36. The largest absolute Gasteiger partial charge is 0.477 e. The Morgan fingerprint density at radius 3 is 2.07 bits per heavy atom. The van der Waals surface area contributed by atoms with E-state index in [4.69, 9.17) is 9.82 Å². The molecule has 0 saturated carbocycles. The van der Waals surface area contributed by atoms with E-state index in [1.807, 2.05) is 91.0 Å². The quantitative estimate of drug-likeness (QED) is 0.0295. The number of anilines is 1. The van der Waals surface area contributed by atoms with Crippen LogP contribution in [0.2, 0.25) is 0 Å². The molecule has 5 aromatic rings. The molecule has 3 N–H and O–H groups in total. The molecule has 1 fully saturated rings. The summed E-state index contributed by atoms with van der Waals surface area (Å²) in [5.41, 5.74) is 2.29. The highest BCUT2D eigenvalue weighted by molar-refractivity contribution is 8.01. The third-order valence-corrected chi connectivity index (χ3v) is 12.4. The number of carboxylic acids is 1. The average Bonchev–Trinajstić information content (AvgIpc) is 3.68. The molecule has 3 aromatic carbocycles. The van der Waals surface area contributed by atoms with Gasteiger partial charge in [-0.05, 0) is 22.3 Å². The number of pyridine rings is 1. The van der Waals surface area contributed by atoms with Crippen LogP contribution in [0, 0.1) is 0 Å². The molecule has 2 aliphatic rings. The number of nitrogens with one attached hydrogen (secondary N) is 2. The lowest BCUT2D eigenvalue weighted by Crippen LogP contribution is -2.71. The second kappa shape index (κ2) is 16.8. The maximum atomic E-state index is 13.8. The zero-order chi connectivity index (χ0) is 40.2. The van der Waals surface area contributed by atoms with Crippen LogP contribution in [0.25, 0.3) is 0 Å². The lowest BCUT2D eigenvalue weighted by molar-refractivity contribution is -0.719. The Bertz CT molecular complexity index is 2210. The highest BCUT2D eigenvalue weighted by atomic mass is 32.2. The van der Waals surface area contributed by atoms with Gasteiger partial charge < -0.3 is 20.6 Å². The molecule has 0 spiro atoms. The number of carbonyl (C=O) groups excluding carboxylic acids is 2. The number of fused-ring (bicyclic) bond motifs is 1. The van der Waals surface area contributed by atoms with Gasteiger partial charge in [0.15, 0.2) is 23.2 Å². The van der Waals surface area contributed by atoms with Gasteiger partial charge >= 0.3 is 12.1 Å². The van der Waals surface area contributed by atoms with E-state index < -0.39 is 47.5 Å². The number of thiazole rings is 1. The molecule has 0 unspecified atom stereocenters. The normalized spacial score (nSPS) is 17.1. The van der Waals surface area contributed by atoms with Crippen LogP contribution in [0.5, 0.6) is 0 Å². The Morgan fingerprint density at radius 2 is 1.54 bits per heavy atom. The third kappa shape index (κ3) is 8.40. The summed E-state index contributed by atoms with van der Waals surface area (Å²) >= 11 is 3.80. The molecule has 7 rings (SSSR count). The van der Waals surface area contributed by atoms with Crippen molar-refractivity contribution in [3.8, 4) is 0 Å². The van der Waals surface area contributed by atoms with Crippen molar-refractivity contribution in [3.05, 3.63) is 155 Å². The summed E-state index contributed by atoms with van der Waals surface area (Å²) in [5.74, 6) is -2.20. The molecule has 17 heteroatoms. The second-order valence-electron chi connectivity index (χ2n) is 12.9. The number of halogens is 3. The Labute approximate surface area is 337 Å². The highest BCUT2D eigenvalue weighted by Crippen LogP contribution is 2.43. The summed E-state index contributed by atoms with van der Waals surface area (Å²) in [4.78, 5) is 51.4. The number of oxime groups is 1. The Kier molecular flexibility index (Phi) is 11.7. The van der Waals surface area contributed by atoms with Crippen molar-refractivity contribution < 1.29 is 42.1 Å². The molecule has 2 atom stereocenters. The molecule has 1 saturated heterocycles. The number of aliphatic carboxylic acids is 1. The summed E-state index contributed by atoms with van der Waals surface area (Å²) < 4.78 is 39.2. The van der Waals surface area contributed by atoms with Gasteiger partial charge in [-0.2, -0.15) is 17.7 Å². The fourth-order valence-corrected chi connectivity index (χ4v) is 9.82. The number of β-lactam (4-membered cyclic amide) rings is 1. The van der Waals surface area contributed by atoms with Crippen molar-refractivity contribution in [3.63, 3.8) is 0 Å². The maximum absolute atomic E-state index is 13.8. The van der Waals surface area contributed by atoms with Gasteiger partial charge in [0.05, 0.1) is 0 Å². The molecular weight excluding hydrogens is 798 g/mol. The molecule has 4 heterocycles. The standard InChI is InChI=1S/C40H33F3N6O5S3/c1-54-47-31(30-23-57-38(44-30)46-40(26-11-5-2-6-12-26,27-13-7-3-8-14-27)28-15-9-4-10-16-28)34(50)45-32-35(51)49-33(37(52)53)25(22-56-36(32)49)21-55-29-17-19-48(20-18-29)24-39(41,42)43/h2-20,23,32,36H,21-22,24H2,1H3,(H2-,44,45,46,50,52,53)/p+1/b47-31-/t32-,36-/m1/s1.